The molecule has 0 atom stereocenters. The summed E-state index contributed by atoms with van der Waals surface area (Å²) in [4.78, 5) is 19.5. The maximum atomic E-state index is 12.9. The number of nitrogens with zero attached hydrogens (tertiary/aromatic N) is 2. The van der Waals surface area contributed by atoms with Crippen molar-refractivity contribution in [2.45, 2.75) is 6.54 Å². The van der Waals surface area contributed by atoms with Crippen LogP contribution in [0.15, 0.2) is 66.3 Å². The van der Waals surface area contributed by atoms with Crippen LogP contribution in [0.5, 0.6) is 5.75 Å². The number of benzene rings is 1. The first-order chi connectivity index (χ1) is 11.3. The van der Waals surface area contributed by atoms with Crippen LogP contribution >= 0.6 is 11.3 Å². The van der Waals surface area contributed by atoms with E-state index < -0.39 is 0 Å². The van der Waals surface area contributed by atoms with Crippen molar-refractivity contribution in [3.8, 4) is 5.75 Å². The van der Waals surface area contributed by atoms with Gasteiger partial charge in [-0.2, -0.15) is 0 Å². The fourth-order valence-electron chi connectivity index (χ4n) is 2.27. The maximum Gasteiger partial charge on any atom is 0.268 e. The smallest absolute Gasteiger partial charge is 0.268 e. The number of anilines is 1. The molecule has 3 aromatic rings. The summed E-state index contributed by atoms with van der Waals surface area (Å²) >= 11 is 1.44. The molecule has 4 nitrogen and oxygen atoms in total. The van der Waals surface area contributed by atoms with E-state index in [1.54, 1.807) is 24.4 Å². The molecule has 0 radical (unpaired) electrons. The lowest BCUT2D eigenvalue weighted by Crippen LogP contribution is -2.29. The Morgan fingerprint density at radius 2 is 2.13 bits per heavy atom. The number of methoxy groups -OCH3 is 1. The zero-order chi connectivity index (χ0) is 16.1. The van der Waals surface area contributed by atoms with Crippen molar-refractivity contribution < 1.29 is 9.53 Å². The summed E-state index contributed by atoms with van der Waals surface area (Å²) in [5, 5.41) is 1.90. The Kier molecular flexibility index (Phi) is 4.68. The van der Waals surface area contributed by atoms with Crippen molar-refractivity contribution >= 4 is 22.9 Å². The first-order valence-corrected chi connectivity index (χ1v) is 8.04. The summed E-state index contributed by atoms with van der Waals surface area (Å²) in [5.74, 6) is 0.690. The average Bonchev–Trinajstić information content (AvgIpc) is 3.15. The van der Waals surface area contributed by atoms with E-state index in [9.17, 15) is 4.79 Å². The summed E-state index contributed by atoms with van der Waals surface area (Å²) in [6, 6.07) is 15.1. The Balaban J connectivity index is 1.97. The van der Waals surface area contributed by atoms with Crippen molar-refractivity contribution in [2.75, 3.05) is 12.0 Å². The van der Waals surface area contributed by atoms with Crippen LogP contribution in [0.4, 0.5) is 5.69 Å². The van der Waals surface area contributed by atoms with E-state index >= 15 is 0 Å². The number of carbonyl (C=O) groups excluding carboxylic acids is 1. The highest BCUT2D eigenvalue weighted by molar-refractivity contribution is 7.12. The highest BCUT2D eigenvalue weighted by atomic mass is 32.1. The Morgan fingerprint density at radius 1 is 1.22 bits per heavy atom. The van der Waals surface area contributed by atoms with Crippen molar-refractivity contribution in [3.05, 3.63) is 76.7 Å². The lowest BCUT2D eigenvalue weighted by molar-refractivity contribution is 0.0989. The number of pyridine rings is 1. The lowest BCUT2D eigenvalue weighted by atomic mass is 10.2. The van der Waals surface area contributed by atoms with Gasteiger partial charge in [0.15, 0.2) is 0 Å². The van der Waals surface area contributed by atoms with Crippen LogP contribution in [-0.4, -0.2) is 18.0 Å². The van der Waals surface area contributed by atoms with Crippen molar-refractivity contribution in [3.63, 3.8) is 0 Å². The first-order valence-electron chi connectivity index (χ1n) is 7.16. The van der Waals surface area contributed by atoms with Gasteiger partial charge in [-0.05, 0) is 35.2 Å². The van der Waals surface area contributed by atoms with Crippen molar-refractivity contribution in [1.82, 2.24) is 4.98 Å². The maximum absolute atomic E-state index is 12.9. The van der Waals surface area contributed by atoms with Gasteiger partial charge < -0.3 is 9.64 Å². The van der Waals surface area contributed by atoms with Crippen LogP contribution < -0.4 is 9.64 Å². The molecular weight excluding hydrogens is 308 g/mol. The predicted molar refractivity (Wildman–Crippen MR) is 92.1 cm³/mol. The molecule has 5 heteroatoms. The van der Waals surface area contributed by atoms with Gasteiger partial charge in [-0.25, -0.2) is 0 Å². The molecule has 0 unspecified atom stereocenters. The Hall–Kier alpha value is -2.66. The Labute approximate surface area is 139 Å². The molecule has 0 aliphatic rings. The highest BCUT2D eigenvalue weighted by Crippen LogP contribution is 2.25. The summed E-state index contributed by atoms with van der Waals surface area (Å²) < 4.78 is 5.28. The van der Waals surface area contributed by atoms with Gasteiger partial charge in [0.25, 0.3) is 5.91 Å². The van der Waals surface area contributed by atoms with Gasteiger partial charge >= 0.3 is 0 Å². The van der Waals surface area contributed by atoms with Gasteiger partial charge in [0.1, 0.15) is 5.75 Å². The number of ether oxygens (including phenoxy) is 1. The minimum absolute atomic E-state index is 0.0305. The molecule has 0 spiro atoms. The van der Waals surface area contributed by atoms with Gasteiger partial charge in [-0.15, -0.1) is 11.3 Å². The quantitative estimate of drug-likeness (QED) is 0.712. The summed E-state index contributed by atoms with van der Waals surface area (Å²) in [5.41, 5.74) is 1.77. The molecule has 1 amide bonds. The third kappa shape index (κ3) is 3.57. The zero-order valence-corrected chi connectivity index (χ0v) is 13.5. The minimum atomic E-state index is -0.0305. The normalized spacial score (nSPS) is 10.3. The van der Waals surface area contributed by atoms with Crippen LogP contribution in [0.25, 0.3) is 0 Å². The van der Waals surface area contributed by atoms with Gasteiger partial charge in [0.05, 0.1) is 18.5 Å². The molecule has 116 valence electrons. The van der Waals surface area contributed by atoms with Crippen LogP contribution in [0.2, 0.25) is 0 Å². The molecule has 0 bridgehead atoms. The Morgan fingerprint density at radius 3 is 2.83 bits per heavy atom. The monoisotopic (exact) mass is 324 g/mol. The van der Waals surface area contributed by atoms with Crippen LogP contribution in [0.3, 0.4) is 0 Å². The molecule has 0 aliphatic carbocycles. The van der Waals surface area contributed by atoms with Gasteiger partial charge in [-0.3, -0.25) is 9.78 Å². The number of carbonyl (C=O) groups is 1. The van der Waals surface area contributed by atoms with E-state index in [1.165, 1.54) is 11.3 Å². The van der Waals surface area contributed by atoms with Crippen molar-refractivity contribution in [1.29, 1.82) is 0 Å². The topological polar surface area (TPSA) is 42.4 Å². The number of hydrogen-bond acceptors (Lipinski definition) is 4. The SMILES string of the molecule is COc1cccc(N(Cc2cccnc2)C(=O)c2cccs2)c1. The molecular formula is C18H16N2O2S. The summed E-state index contributed by atoms with van der Waals surface area (Å²) in [6.45, 7) is 0.456. The van der Waals surface area contributed by atoms with Crippen LogP contribution in [0.1, 0.15) is 15.2 Å². The minimum Gasteiger partial charge on any atom is -0.497 e. The third-order valence-corrected chi connectivity index (χ3v) is 4.26. The van der Waals surface area contributed by atoms with Crippen molar-refractivity contribution in [2.24, 2.45) is 0 Å². The van der Waals surface area contributed by atoms with Crippen LogP contribution in [0, 0.1) is 0 Å². The average molecular weight is 324 g/mol. The summed E-state index contributed by atoms with van der Waals surface area (Å²) in [6.07, 6.45) is 3.50. The lowest BCUT2D eigenvalue weighted by Gasteiger charge is -2.22. The van der Waals surface area contributed by atoms with Gasteiger partial charge in [0, 0.05) is 24.1 Å². The highest BCUT2D eigenvalue weighted by Gasteiger charge is 2.19. The third-order valence-electron chi connectivity index (χ3n) is 3.41. The number of rotatable bonds is 5. The fourth-order valence-corrected chi connectivity index (χ4v) is 2.94. The number of amides is 1. The van der Waals surface area contributed by atoms with E-state index in [0.29, 0.717) is 11.4 Å². The number of aromatic nitrogens is 1. The molecule has 0 N–H and O–H groups in total. The van der Waals surface area contributed by atoms with E-state index in [4.69, 9.17) is 4.74 Å². The fraction of sp³-hybridized carbons (Fsp3) is 0.111. The molecule has 0 saturated heterocycles. The van der Waals surface area contributed by atoms with E-state index in [2.05, 4.69) is 4.98 Å². The first kappa shape index (κ1) is 15.2. The molecule has 0 aliphatic heterocycles. The van der Waals surface area contributed by atoms with Crippen LogP contribution in [-0.2, 0) is 6.54 Å². The predicted octanol–water partition coefficient (Wildman–Crippen LogP) is 4.00. The molecule has 23 heavy (non-hydrogen) atoms. The van der Waals surface area contributed by atoms with Gasteiger partial charge in [0.2, 0.25) is 0 Å². The molecule has 3 rings (SSSR count). The van der Waals surface area contributed by atoms with E-state index in [1.807, 2.05) is 53.9 Å². The van der Waals surface area contributed by atoms with E-state index in [-0.39, 0.29) is 5.91 Å². The Bertz CT molecular complexity index is 773. The second-order valence-electron chi connectivity index (χ2n) is 4.93. The molecule has 0 fully saturated rings. The number of hydrogen-bond donors (Lipinski definition) is 0. The van der Waals surface area contributed by atoms with Gasteiger partial charge in [-0.1, -0.05) is 18.2 Å². The second kappa shape index (κ2) is 7.07. The molecule has 1 aromatic carbocycles. The second-order valence-corrected chi connectivity index (χ2v) is 5.88. The zero-order valence-electron chi connectivity index (χ0n) is 12.7. The number of thiophene rings is 1. The molecule has 2 heterocycles. The summed E-state index contributed by atoms with van der Waals surface area (Å²) in [7, 11) is 1.62. The van der Waals surface area contributed by atoms with E-state index in [0.717, 1.165) is 17.0 Å². The standard InChI is InChI=1S/C18H16N2O2S/c1-22-16-7-2-6-15(11-16)20(13-14-5-3-9-19-12-14)18(21)17-8-4-10-23-17/h2-12H,13H2,1H3. The molecule has 2 aromatic heterocycles. The largest absolute Gasteiger partial charge is 0.497 e. The molecule has 0 saturated carbocycles.